The molecule has 1 unspecified atom stereocenters. The number of nitrogens with zero attached hydrogens (tertiary/aromatic N) is 1. The Morgan fingerprint density at radius 2 is 2.00 bits per heavy atom. The van der Waals surface area contributed by atoms with Crippen molar-refractivity contribution in [2.75, 3.05) is 13.9 Å². The number of hydrogen-bond acceptors (Lipinski definition) is 4. The van der Waals surface area contributed by atoms with Crippen LogP contribution in [0, 0.1) is 11.3 Å². The van der Waals surface area contributed by atoms with Crippen LogP contribution in [0.15, 0.2) is 36.4 Å². The van der Waals surface area contributed by atoms with Gasteiger partial charge < -0.3 is 14.2 Å². The summed E-state index contributed by atoms with van der Waals surface area (Å²) in [7, 11) is 1.66. The number of benzene rings is 2. The summed E-state index contributed by atoms with van der Waals surface area (Å²) in [5.41, 5.74) is 3.22. The quantitative estimate of drug-likeness (QED) is 0.842. The van der Waals surface area contributed by atoms with Crippen LogP contribution in [0.4, 0.5) is 0 Å². The van der Waals surface area contributed by atoms with E-state index in [1.807, 2.05) is 24.3 Å². The molecule has 3 rings (SSSR count). The van der Waals surface area contributed by atoms with Crippen LogP contribution in [0.1, 0.15) is 29.5 Å². The molecular formula is C19H19NO3. The zero-order valence-electron chi connectivity index (χ0n) is 13.3. The number of ether oxygens (including phenoxy) is 3. The molecule has 0 spiro atoms. The van der Waals surface area contributed by atoms with E-state index in [2.05, 4.69) is 25.1 Å². The molecule has 0 aliphatic carbocycles. The van der Waals surface area contributed by atoms with Crippen LogP contribution in [0.3, 0.4) is 0 Å². The zero-order valence-corrected chi connectivity index (χ0v) is 13.3. The average Bonchev–Trinajstić information content (AvgIpc) is 3.07. The fourth-order valence-electron chi connectivity index (χ4n) is 2.80. The summed E-state index contributed by atoms with van der Waals surface area (Å²) in [6, 6.07) is 14.2. The van der Waals surface area contributed by atoms with Gasteiger partial charge in [0.15, 0.2) is 11.5 Å². The first kappa shape index (κ1) is 15.2. The Bertz CT molecular complexity index is 749. The molecule has 0 fully saturated rings. The molecule has 1 atom stereocenters. The Balaban J connectivity index is 1.89. The summed E-state index contributed by atoms with van der Waals surface area (Å²) in [6.45, 7) is 2.35. The number of nitriles is 1. The lowest BCUT2D eigenvalue weighted by Gasteiger charge is -2.14. The van der Waals surface area contributed by atoms with Gasteiger partial charge in [0.05, 0.1) is 19.1 Å². The van der Waals surface area contributed by atoms with Gasteiger partial charge in [0.2, 0.25) is 6.79 Å². The number of hydrogen-bond donors (Lipinski definition) is 0. The number of fused-ring (bicyclic) bond motifs is 1. The third-order valence-electron chi connectivity index (χ3n) is 4.13. The van der Waals surface area contributed by atoms with Crippen molar-refractivity contribution >= 4 is 0 Å². The minimum Gasteiger partial charge on any atom is -0.496 e. The molecule has 4 nitrogen and oxygen atoms in total. The highest BCUT2D eigenvalue weighted by Crippen LogP contribution is 2.36. The lowest BCUT2D eigenvalue weighted by molar-refractivity contribution is 0.174. The first-order valence-corrected chi connectivity index (χ1v) is 7.70. The lowest BCUT2D eigenvalue weighted by atomic mass is 9.91. The van der Waals surface area contributed by atoms with Gasteiger partial charge in [-0.25, -0.2) is 0 Å². The molecule has 0 radical (unpaired) electrons. The number of aryl methyl sites for hydroxylation is 1. The molecule has 1 heterocycles. The van der Waals surface area contributed by atoms with Crippen LogP contribution in [0.25, 0.3) is 0 Å². The second kappa shape index (κ2) is 6.62. The van der Waals surface area contributed by atoms with Gasteiger partial charge in [-0.3, -0.25) is 0 Å². The minimum atomic E-state index is -0.259. The highest BCUT2D eigenvalue weighted by atomic mass is 16.7. The van der Waals surface area contributed by atoms with Crippen LogP contribution in [0.5, 0.6) is 17.2 Å². The molecule has 0 aromatic heterocycles. The van der Waals surface area contributed by atoms with E-state index < -0.39 is 0 Å². The Labute approximate surface area is 136 Å². The standard InChI is InChI=1S/C19H19NO3/c1-3-13-4-6-17(21-2)15(8-13)9-16(11-20)14-5-7-18-19(10-14)23-12-22-18/h4-8,10,16H,3,9,12H2,1-2H3. The van der Waals surface area contributed by atoms with Crippen molar-refractivity contribution in [3.05, 3.63) is 53.1 Å². The summed E-state index contributed by atoms with van der Waals surface area (Å²) in [5.74, 6) is 2.00. The predicted octanol–water partition coefficient (Wildman–Crippen LogP) is 3.84. The number of rotatable bonds is 5. The van der Waals surface area contributed by atoms with Crippen LogP contribution >= 0.6 is 0 Å². The van der Waals surface area contributed by atoms with Gasteiger partial charge in [-0.1, -0.05) is 25.1 Å². The van der Waals surface area contributed by atoms with Crippen molar-refractivity contribution in [1.29, 1.82) is 5.26 Å². The van der Waals surface area contributed by atoms with Gasteiger partial charge in [0.1, 0.15) is 5.75 Å². The van der Waals surface area contributed by atoms with Crippen molar-refractivity contribution in [2.45, 2.75) is 25.7 Å². The number of methoxy groups -OCH3 is 1. The molecule has 0 amide bonds. The first-order valence-electron chi connectivity index (χ1n) is 7.70. The minimum absolute atomic E-state index is 0.238. The van der Waals surface area contributed by atoms with E-state index in [1.54, 1.807) is 7.11 Å². The predicted molar refractivity (Wildman–Crippen MR) is 87.0 cm³/mol. The summed E-state index contributed by atoms with van der Waals surface area (Å²) >= 11 is 0. The van der Waals surface area contributed by atoms with Crippen LogP contribution < -0.4 is 14.2 Å². The topological polar surface area (TPSA) is 51.5 Å². The van der Waals surface area contributed by atoms with E-state index in [0.717, 1.165) is 29.0 Å². The third-order valence-corrected chi connectivity index (χ3v) is 4.13. The van der Waals surface area contributed by atoms with Crippen molar-refractivity contribution < 1.29 is 14.2 Å². The van der Waals surface area contributed by atoms with Gasteiger partial charge in [-0.05, 0) is 47.7 Å². The maximum absolute atomic E-state index is 9.62. The van der Waals surface area contributed by atoms with Crippen molar-refractivity contribution in [2.24, 2.45) is 0 Å². The normalized spacial score (nSPS) is 13.4. The average molecular weight is 309 g/mol. The molecule has 4 heteroatoms. The van der Waals surface area contributed by atoms with Crippen LogP contribution in [-0.4, -0.2) is 13.9 Å². The van der Waals surface area contributed by atoms with Gasteiger partial charge in [-0.15, -0.1) is 0 Å². The second-order valence-corrected chi connectivity index (χ2v) is 5.50. The zero-order chi connectivity index (χ0) is 16.2. The molecule has 0 saturated carbocycles. The van der Waals surface area contributed by atoms with Crippen molar-refractivity contribution in [3.63, 3.8) is 0 Å². The second-order valence-electron chi connectivity index (χ2n) is 5.50. The molecule has 0 bridgehead atoms. The molecule has 1 aliphatic rings. The monoisotopic (exact) mass is 309 g/mol. The Morgan fingerprint density at radius 3 is 2.74 bits per heavy atom. The van der Waals surface area contributed by atoms with E-state index in [0.29, 0.717) is 12.2 Å². The summed E-state index contributed by atoms with van der Waals surface area (Å²) < 4.78 is 16.2. The van der Waals surface area contributed by atoms with Gasteiger partial charge in [0, 0.05) is 0 Å². The Hall–Kier alpha value is -2.67. The molecule has 0 saturated heterocycles. The first-order chi connectivity index (χ1) is 11.2. The van der Waals surface area contributed by atoms with E-state index in [4.69, 9.17) is 14.2 Å². The van der Waals surface area contributed by atoms with Gasteiger partial charge >= 0.3 is 0 Å². The third kappa shape index (κ3) is 3.09. The maximum Gasteiger partial charge on any atom is 0.231 e. The molecular weight excluding hydrogens is 290 g/mol. The van der Waals surface area contributed by atoms with E-state index in [1.165, 1.54) is 5.56 Å². The smallest absolute Gasteiger partial charge is 0.231 e. The van der Waals surface area contributed by atoms with E-state index in [9.17, 15) is 5.26 Å². The highest BCUT2D eigenvalue weighted by Gasteiger charge is 2.19. The lowest BCUT2D eigenvalue weighted by Crippen LogP contribution is -2.03. The molecule has 0 N–H and O–H groups in total. The van der Waals surface area contributed by atoms with E-state index in [-0.39, 0.29) is 12.7 Å². The molecule has 2 aromatic rings. The highest BCUT2D eigenvalue weighted by molar-refractivity contribution is 5.47. The van der Waals surface area contributed by atoms with Gasteiger partial charge in [-0.2, -0.15) is 5.26 Å². The van der Waals surface area contributed by atoms with Gasteiger partial charge in [0.25, 0.3) is 0 Å². The van der Waals surface area contributed by atoms with Crippen molar-refractivity contribution in [3.8, 4) is 23.3 Å². The maximum atomic E-state index is 9.62. The largest absolute Gasteiger partial charge is 0.496 e. The summed E-state index contributed by atoms with van der Waals surface area (Å²) in [6.07, 6.45) is 1.56. The van der Waals surface area contributed by atoms with E-state index >= 15 is 0 Å². The molecule has 23 heavy (non-hydrogen) atoms. The fraction of sp³-hybridized carbons (Fsp3) is 0.316. The van der Waals surface area contributed by atoms with Crippen molar-refractivity contribution in [1.82, 2.24) is 0 Å². The van der Waals surface area contributed by atoms with Crippen LogP contribution in [-0.2, 0) is 12.8 Å². The Morgan fingerprint density at radius 1 is 1.17 bits per heavy atom. The molecule has 118 valence electrons. The SMILES string of the molecule is CCc1ccc(OC)c(CC(C#N)c2ccc3c(c2)OCO3)c1. The summed E-state index contributed by atoms with van der Waals surface area (Å²) in [5, 5.41) is 9.62. The Kier molecular flexibility index (Phi) is 4.38. The molecule has 1 aliphatic heterocycles. The molecule has 2 aromatic carbocycles. The summed E-state index contributed by atoms with van der Waals surface area (Å²) in [4.78, 5) is 0. The fourth-order valence-corrected chi connectivity index (χ4v) is 2.80. The van der Waals surface area contributed by atoms with Crippen LogP contribution in [0.2, 0.25) is 0 Å².